The molecule has 0 aromatic carbocycles. The molecule has 0 radical (unpaired) electrons. The normalized spacial score (nSPS) is 12.0. The Kier molecular flexibility index (Phi) is 2.58. The van der Waals surface area contributed by atoms with Crippen LogP contribution in [-0.4, -0.2) is 26.6 Å². The summed E-state index contributed by atoms with van der Waals surface area (Å²) in [6, 6.07) is 0. The van der Waals surface area contributed by atoms with Crippen molar-refractivity contribution in [3.8, 4) is 0 Å². The van der Waals surface area contributed by atoms with Crippen molar-refractivity contribution in [2.24, 2.45) is 5.16 Å². The van der Waals surface area contributed by atoms with Crippen LogP contribution in [0, 0.1) is 6.92 Å². The fourth-order valence-corrected chi connectivity index (χ4v) is 1.01. The summed E-state index contributed by atoms with van der Waals surface area (Å²) >= 11 is 3.13. The first-order chi connectivity index (χ1) is 5.29. The lowest BCUT2D eigenvalue weighted by atomic mass is 10.2. The Hall–Kier alpha value is -0.910. The van der Waals surface area contributed by atoms with Gasteiger partial charge in [-0.25, -0.2) is 4.63 Å². The maximum atomic E-state index is 8.47. The largest absolute Gasteiger partial charge is 0.411 e. The molecule has 0 spiro atoms. The van der Waals surface area contributed by atoms with Crippen LogP contribution in [-0.2, 0) is 0 Å². The van der Waals surface area contributed by atoms with Gasteiger partial charge in [0.1, 0.15) is 11.4 Å². The number of nitrogens with zero attached hydrogens (tertiary/aromatic N) is 3. The molecule has 0 amide bonds. The summed E-state index contributed by atoms with van der Waals surface area (Å²) in [7, 11) is 0. The Balaban J connectivity index is 3.00. The minimum absolute atomic E-state index is 0.406. The molecule has 1 aromatic rings. The van der Waals surface area contributed by atoms with Gasteiger partial charge < -0.3 is 5.21 Å². The smallest absolute Gasteiger partial charge is 0.156 e. The Morgan fingerprint density at radius 3 is 2.82 bits per heavy atom. The number of hydrogen-bond acceptors (Lipinski definition) is 5. The van der Waals surface area contributed by atoms with E-state index in [0.29, 0.717) is 22.4 Å². The quantitative estimate of drug-likeness (QED) is 0.348. The van der Waals surface area contributed by atoms with Crippen molar-refractivity contribution in [2.45, 2.75) is 6.92 Å². The lowest BCUT2D eigenvalue weighted by molar-refractivity contribution is 0.302. The van der Waals surface area contributed by atoms with E-state index in [-0.39, 0.29) is 0 Å². The van der Waals surface area contributed by atoms with Crippen molar-refractivity contribution < 1.29 is 9.84 Å². The van der Waals surface area contributed by atoms with Crippen molar-refractivity contribution in [1.82, 2.24) is 10.3 Å². The van der Waals surface area contributed by atoms with Crippen molar-refractivity contribution in [3.05, 3.63) is 11.4 Å². The molecule has 0 aliphatic heterocycles. The van der Waals surface area contributed by atoms with Crippen molar-refractivity contribution in [1.29, 1.82) is 0 Å². The molecule has 0 aliphatic carbocycles. The monoisotopic (exact) mass is 219 g/mol. The highest BCUT2D eigenvalue weighted by atomic mass is 79.9. The number of halogens is 1. The molecule has 1 heterocycles. The van der Waals surface area contributed by atoms with Crippen LogP contribution in [0.3, 0.4) is 0 Å². The topological polar surface area (TPSA) is 71.5 Å². The number of aromatic nitrogens is 2. The number of aryl methyl sites for hydroxylation is 1. The molecule has 0 bridgehead atoms. The van der Waals surface area contributed by atoms with Gasteiger partial charge in [-0.3, -0.25) is 0 Å². The third-order valence-electron chi connectivity index (χ3n) is 1.17. The summed E-state index contributed by atoms with van der Waals surface area (Å²) in [4.78, 5) is 0. The van der Waals surface area contributed by atoms with Crippen LogP contribution < -0.4 is 0 Å². The first-order valence-corrected chi connectivity index (χ1v) is 3.98. The third-order valence-corrected chi connectivity index (χ3v) is 1.70. The first-order valence-electron chi connectivity index (χ1n) is 2.86. The third kappa shape index (κ3) is 1.56. The fraction of sp³-hybridized carbons (Fsp3) is 0.400. The van der Waals surface area contributed by atoms with Gasteiger partial charge in [0.25, 0.3) is 0 Å². The van der Waals surface area contributed by atoms with Gasteiger partial charge >= 0.3 is 0 Å². The van der Waals surface area contributed by atoms with E-state index in [9.17, 15) is 0 Å². The Bertz CT molecular complexity index is 270. The number of rotatable bonds is 2. The average molecular weight is 220 g/mol. The number of alkyl halides is 1. The minimum Gasteiger partial charge on any atom is -0.411 e. The predicted molar refractivity (Wildman–Crippen MR) is 41.2 cm³/mol. The molecule has 0 fully saturated rings. The van der Waals surface area contributed by atoms with E-state index < -0.39 is 0 Å². The molecule has 11 heavy (non-hydrogen) atoms. The summed E-state index contributed by atoms with van der Waals surface area (Å²) in [5, 5.41) is 19.0. The summed E-state index contributed by atoms with van der Waals surface area (Å²) in [6.07, 6.45) is 0. The lowest BCUT2D eigenvalue weighted by Gasteiger charge is -1.91. The molecule has 60 valence electrons. The van der Waals surface area contributed by atoms with Gasteiger partial charge in [-0.05, 0) is 12.1 Å². The highest BCUT2D eigenvalue weighted by molar-refractivity contribution is 9.09. The molecule has 0 aliphatic rings. The molecule has 0 saturated heterocycles. The summed E-state index contributed by atoms with van der Waals surface area (Å²) in [6.45, 7) is 1.72. The van der Waals surface area contributed by atoms with Gasteiger partial charge in [0.15, 0.2) is 5.69 Å². The zero-order valence-corrected chi connectivity index (χ0v) is 7.37. The fourth-order valence-electron chi connectivity index (χ4n) is 0.631. The predicted octanol–water partition coefficient (Wildman–Crippen LogP) is 0.951. The Morgan fingerprint density at radius 2 is 2.45 bits per heavy atom. The van der Waals surface area contributed by atoms with Crippen molar-refractivity contribution in [2.75, 3.05) is 5.33 Å². The molecular weight excluding hydrogens is 214 g/mol. The number of oxime groups is 1. The van der Waals surface area contributed by atoms with E-state index in [0.717, 1.165) is 0 Å². The van der Waals surface area contributed by atoms with Gasteiger partial charge in [0.2, 0.25) is 0 Å². The first kappa shape index (κ1) is 8.19. The molecule has 1 aromatic heterocycles. The molecule has 6 heteroatoms. The van der Waals surface area contributed by atoms with E-state index in [2.05, 4.69) is 36.0 Å². The van der Waals surface area contributed by atoms with Crippen molar-refractivity contribution >= 4 is 21.6 Å². The second kappa shape index (κ2) is 3.47. The van der Waals surface area contributed by atoms with E-state index in [4.69, 9.17) is 5.21 Å². The van der Waals surface area contributed by atoms with E-state index in [1.807, 2.05) is 0 Å². The van der Waals surface area contributed by atoms with E-state index >= 15 is 0 Å². The highest BCUT2D eigenvalue weighted by Crippen LogP contribution is 2.04. The lowest BCUT2D eigenvalue weighted by Crippen LogP contribution is -2.04. The Morgan fingerprint density at radius 1 is 1.73 bits per heavy atom. The van der Waals surface area contributed by atoms with Gasteiger partial charge in [-0.1, -0.05) is 26.2 Å². The van der Waals surface area contributed by atoms with Gasteiger partial charge in [-0.2, -0.15) is 0 Å². The van der Waals surface area contributed by atoms with Gasteiger partial charge in [0, 0.05) is 0 Å². The second-order valence-electron chi connectivity index (χ2n) is 1.88. The molecule has 1 rings (SSSR count). The van der Waals surface area contributed by atoms with Gasteiger partial charge in [0.05, 0.1) is 5.33 Å². The standard InChI is InChI=1S/C5H6BrN3O2/c1-3-5(9-11-8-3)4(2-6)7-10/h10H,2H2,1H3/b7-4-. The summed E-state index contributed by atoms with van der Waals surface area (Å²) < 4.78 is 4.42. The number of hydrogen-bond donors (Lipinski definition) is 1. The van der Waals surface area contributed by atoms with Crippen molar-refractivity contribution in [3.63, 3.8) is 0 Å². The van der Waals surface area contributed by atoms with Crippen LogP contribution in [0.4, 0.5) is 0 Å². The second-order valence-corrected chi connectivity index (χ2v) is 2.44. The van der Waals surface area contributed by atoms with Crippen LogP contribution in [0.2, 0.25) is 0 Å². The zero-order chi connectivity index (χ0) is 8.27. The van der Waals surface area contributed by atoms with Crippen LogP contribution in [0.5, 0.6) is 0 Å². The molecule has 0 atom stereocenters. The molecular formula is C5H6BrN3O2. The molecule has 0 unspecified atom stereocenters. The highest BCUT2D eigenvalue weighted by Gasteiger charge is 2.11. The Labute approximate surface area is 71.2 Å². The molecule has 5 nitrogen and oxygen atoms in total. The summed E-state index contributed by atoms with van der Waals surface area (Å²) in [5.74, 6) is 0. The van der Waals surface area contributed by atoms with Crippen LogP contribution in [0.15, 0.2) is 9.78 Å². The summed E-state index contributed by atoms with van der Waals surface area (Å²) in [5.41, 5.74) is 1.49. The van der Waals surface area contributed by atoms with Crippen LogP contribution in [0.1, 0.15) is 11.4 Å². The maximum Gasteiger partial charge on any atom is 0.156 e. The molecule has 0 saturated carbocycles. The molecule has 1 N–H and O–H groups in total. The van der Waals surface area contributed by atoms with E-state index in [1.54, 1.807) is 6.92 Å². The van der Waals surface area contributed by atoms with Crippen LogP contribution in [0.25, 0.3) is 0 Å². The SMILES string of the molecule is Cc1nonc1/C(CBr)=N\O. The van der Waals surface area contributed by atoms with Crippen LogP contribution >= 0.6 is 15.9 Å². The minimum atomic E-state index is 0.406. The van der Waals surface area contributed by atoms with E-state index in [1.165, 1.54) is 0 Å². The van der Waals surface area contributed by atoms with Gasteiger partial charge in [-0.15, -0.1) is 0 Å². The average Bonchev–Trinajstić information content (AvgIpc) is 2.40. The maximum absolute atomic E-state index is 8.47. The zero-order valence-electron chi connectivity index (χ0n) is 5.78.